The van der Waals surface area contributed by atoms with E-state index in [1.807, 2.05) is 6.07 Å². The molecule has 0 aromatic heterocycles. The average molecular weight is 383 g/mol. The summed E-state index contributed by atoms with van der Waals surface area (Å²) in [5.41, 5.74) is 1.77. The molecule has 2 unspecified atom stereocenters. The Labute approximate surface area is 161 Å². The fourth-order valence-corrected chi connectivity index (χ4v) is 4.42. The number of unbranched alkanes of at least 4 members (excludes halogenated alkanes) is 6. The number of hydrogen-bond acceptors (Lipinski definition) is 2. The maximum Gasteiger partial charge on any atom is 0.294 e. The van der Waals surface area contributed by atoms with Crippen molar-refractivity contribution in [3.63, 3.8) is 0 Å². The van der Waals surface area contributed by atoms with Crippen LogP contribution in [-0.4, -0.2) is 13.0 Å². The molecule has 0 spiro atoms. The van der Waals surface area contributed by atoms with Gasteiger partial charge in [0.2, 0.25) is 0 Å². The van der Waals surface area contributed by atoms with Crippen molar-refractivity contribution >= 4 is 10.1 Å². The monoisotopic (exact) mass is 382 g/mol. The number of hydrogen-bond donors (Lipinski definition) is 1. The van der Waals surface area contributed by atoms with Crippen molar-refractivity contribution in [3.8, 4) is 0 Å². The predicted octanol–water partition coefficient (Wildman–Crippen LogP) is 7.08. The van der Waals surface area contributed by atoms with Crippen LogP contribution in [0.25, 0.3) is 0 Å². The van der Waals surface area contributed by atoms with Gasteiger partial charge in [0.05, 0.1) is 4.90 Å². The number of rotatable bonds is 13. The fourth-order valence-electron chi connectivity index (χ4n) is 3.56. The molecule has 1 N–H and O–H groups in total. The molecule has 0 aliphatic carbocycles. The third-order valence-corrected chi connectivity index (χ3v) is 6.31. The Hall–Kier alpha value is -0.870. The molecule has 4 heteroatoms. The lowest BCUT2D eigenvalue weighted by molar-refractivity contribution is 0.479. The first-order valence-electron chi connectivity index (χ1n) is 10.4. The van der Waals surface area contributed by atoms with Gasteiger partial charge in [-0.15, -0.1) is 0 Å². The Morgan fingerprint density at radius 3 is 1.88 bits per heavy atom. The summed E-state index contributed by atoms with van der Waals surface area (Å²) in [6.07, 6.45) is 11.5. The first kappa shape index (κ1) is 23.2. The predicted molar refractivity (Wildman–Crippen MR) is 111 cm³/mol. The minimum atomic E-state index is -4.20. The lowest BCUT2D eigenvalue weighted by Gasteiger charge is -2.18. The van der Waals surface area contributed by atoms with Gasteiger partial charge in [0.1, 0.15) is 0 Å². The summed E-state index contributed by atoms with van der Waals surface area (Å²) < 4.78 is 33.7. The van der Waals surface area contributed by atoms with Crippen LogP contribution in [0, 0.1) is 0 Å². The van der Waals surface area contributed by atoms with Gasteiger partial charge < -0.3 is 0 Å². The van der Waals surface area contributed by atoms with E-state index in [0.29, 0.717) is 5.92 Å². The summed E-state index contributed by atoms with van der Waals surface area (Å²) in [7, 11) is -4.20. The molecule has 0 radical (unpaired) electrons. The highest BCUT2D eigenvalue weighted by molar-refractivity contribution is 7.85. The summed E-state index contributed by atoms with van der Waals surface area (Å²) in [6.45, 7) is 8.58. The van der Waals surface area contributed by atoms with Gasteiger partial charge in [-0.2, -0.15) is 8.42 Å². The molecule has 1 rings (SSSR count). The minimum Gasteiger partial charge on any atom is -0.282 e. The molecule has 1 aromatic carbocycles. The third kappa shape index (κ3) is 7.79. The van der Waals surface area contributed by atoms with Gasteiger partial charge in [-0.05, 0) is 41.9 Å². The second-order valence-corrected chi connectivity index (χ2v) is 9.16. The second kappa shape index (κ2) is 11.8. The van der Waals surface area contributed by atoms with Crippen molar-refractivity contribution in [1.29, 1.82) is 0 Å². The summed E-state index contributed by atoms with van der Waals surface area (Å²) in [5, 5.41) is 0. The standard InChI is InChI=1S/C22H38O3S/c1-5-7-9-11-13-18(3)20-15-16-21(22(17-20)26(23,24)25)19(4)14-12-10-8-6-2/h15-19H,5-14H2,1-4H3,(H,23,24,25). The molecule has 0 heterocycles. The zero-order chi connectivity index (χ0) is 19.6. The van der Waals surface area contributed by atoms with Crippen LogP contribution in [0.2, 0.25) is 0 Å². The zero-order valence-electron chi connectivity index (χ0n) is 17.1. The van der Waals surface area contributed by atoms with Crippen molar-refractivity contribution in [2.75, 3.05) is 0 Å². The molecule has 0 fully saturated rings. The van der Waals surface area contributed by atoms with E-state index in [9.17, 15) is 13.0 Å². The SMILES string of the molecule is CCCCCCC(C)c1ccc(C(C)CCCCCC)c(S(=O)(=O)O)c1. The molecule has 2 atom stereocenters. The Bertz CT molecular complexity index is 622. The molecule has 0 aliphatic rings. The fraction of sp³-hybridized carbons (Fsp3) is 0.727. The van der Waals surface area contributed by atoms with Crippen molar-refractivity contribution in [2.45, 2.75) is 109 Å². The van der Waals surface area contributed by atoms with Crippen LogP contribution in [0.4, 0.5) is 0 Å². The molecule has 1 aromatic rings. The van der Waals surface area contributed by atoms with Crippen molar-refractivity contribution in [1.82, 2.24) is 0 Å². The van der Waals surface area contributed by atoms with Gasteiger partial charge in [-0.1, -0.05) is 91.2 Å². The van der Waals surface area contributed by atoms with E-state index >= 15 is 0 Å². The van der Waals surface area contributed by atoms with E-state index in [0.717, 1.165) is 36.8 Å². The van der Waals surface area contributed by atoms with E-state index in [1.54, 1.807) is 6.07 Å². The molecule has 26 heavy (non-hydrogen) atoms. The van der Waals surface area contributed by atoms with Crippen molar-refractivity contribution in [3.05, 3.63) is 29.3 Å². The molecule has 0 saturated heterocycles. The van der Waals surface area contributed by atoms with E-state index in [-0.39, 0.29) is 10.8 Å². The highest BCUT2D eigenvalue weighted by atomic mass is 32.2. The first-order chi connectivity index (χ1) is 12.3. The van der Waals surface area contributed by atoms with E-state index < -0.39 is 10.1 Å². The average Bonchev–Trinajstić information content (AvgIpc) is 2.60. The molecular weight excluding hydrogens is 344 g/mol. The van der Waals surface area contributed by atoms with Crippen molar-refractivity contribution in [2.24, 2.45) is 0 Å². The molecular formula is C22H38O3S. The summed E-state index contributed by atoms with van der Waals surface area (Å²) in [6, 6.07) is 5.68. The minimum absolute atomic E-state index is 0.110. The van der Waals surface area contributed by atoms with Gasteiger partial charge >= 0.3 is 0 Å². The highest BCUT2D eigenvalue weighted by Gasteiger charge is 2.21. The van der Waals surface area contributed by atoms with Gasteiger partial charge in [0.15, 0.2) is 0 Å². The highest BCUT2D eigenvalue weighted by Crippen LogP contribution is 2.32. The van der Waals surface area contributed by atoms with Gasteiger partial charge in [-0.25, -0.2) is 0 Å². The zero-order valence-corrected chi connectivity index (χ0v) is 17.9. The largest absolute Gasteiger partial charge is 0.294 e. The summed E-state index contributed by atoms with van der Waals surface area (Å²) in [4.78, 5) is 0.110. The van der Waals surface area contributed by atoms with Crippen LogP contribution < -0.4 is 0 Å². The van der Waals surface area contributed by atoms with Crippen LogP contribution in [0.5, 0.6) is 0 Å². The third-order valence-electron chi connectivity index (χ3n) is 5.40. The Morgan fingerprint density at radius 2 is 1.38 bits per heavy atom. The van der Waals surface area contributed by atoms with Gasteiger partial charge in [0, 0.05) is 0 Å². The topological polar surface area (TPSA) is 54.4 Å². The van der Waals surface area contributed by atoms with Crippen molar-refractivity contribution < 1.29 is 13.0 Å². The van der Waals surface area contributed by atoms with Crippen LogP contribution >= 0.6 is 0 Å². The molecule has 0 bridgehead atoms. The Balaban J connectivity index is 2.89. The van der Waals surface area contributed by atoms with Gasteiger partial charge in [-0.3, -0.25) is 4.55 Å². The Kier molecular flexibility index (Phi) is 10.5. The number of benzene rings is 1. The van der Waals surface area contributed by atoms with E-state index in [2.05, 4.69) is 33.8 Å². The summed E-state index contributed by atoms with van der Waals surface area (Å²) in [5.74, 6) is 0.443. The van der Waals surface area contributed by atoms with Crippen LogP contribution in [-0.2, 0) is 10.1 Å². The lowest BCUT2D eigenvalue weighted by atomic mass is 9.90. The van der Waals surface area contributed by atoms with Crippen LogP contribution in [0.15, 0.2) is 23.1 Å². The van der Waals surface area contributed by atoms with Crippen LogP contribution in [0.1, 0.15) is 115 Å². The first-order valence-corrected chi connectivity index (χ1v) is 11.9. The summed E-state index contributed by atoms with van der Waals surface area (Å²) >= 11 is 0. The maximum absolute atomic E-state index is 12.0. The normalized spacial score (nSPS) is 14.3. The van der Waals surface area contributed by atoms with E-state index in [1.165, 1.54) is 38.5 Å². The molecule has 3 nitrogen and oxygen atoms in total. The molecule has 0 saturated carbocycles. The van der Waals surface area contributed by atoms with E-state index in [4.69, 9.17) is 0 Å². The molecule has 150 valence electrons. The van der Waals surface area contributed by atoms with Crippen LogP contribution in [0.3, 0.4) is 0 Å². The quantitative estimate of drug-likeness (QED) is 0.293. The maximum atomic E-state index is 12.0. The smallest absolute Gasteiger partial charge is 0.282 e. The van der Waals surface area contributed by atoms with Gasteiger partial charge in [0.25, 0.3) is 10.1 Å². The second-order valence-electron chi connectivity index (χ2n) is 7.77. The molecule has 0 aliphatic heterocycles. The Morgan fingerprint density at radius 1 is 0.846 bits per heavy atom. The molecule has 0 amide bonds. The lowest BCUT2D eigenvalue weighted by Crippen LogP contribution is -2.08.